The summed E-state index contributed by atoms with van der Waals surface area (Å²) in [6.07, 6.45) is 5.54. The summed E-state index contributed by atoms with van der Waals surface area (Å²) in [6.45, 7) is 4.67. The lowest BCUT2D eigenvalue weighted by Gasteiger charge is -2.17. The summed E-state index contributed by atoms with van der Waals surface area (Å²) in [4.78, 5) is 0. The molecular weight excluding hydrogens is 174 g/mol. The van der Waals surface area contributed by atoms with Crippen molar-refractivity contribution in [2.45, 2.75) is 38.7 Å². The maximum Gasteiger partial charge on any atom is 0.0783 e. The molecule has 1 aliphatic carbocycles. The Balaban J connectivity index is 2.11. The minimum absolute atomic E-state index is 0.426. The van der Waals surface area contributed by atoms with Crippen LogP contribution >= 0.6 is 0 Å². The van der Waals surface area contributed by atoms with Crippen LogP contribution < -0.4 is 5.32 Å². The molecule has 0 aromatic carbocycles. The third-order valence-electron chi connectivity index (χ3n) is 3.76. The van der Waals surface area contributed by atoms with Crippen LogP contribution in [0.1, 0.15) is 32.6 Å². The van der Waals surface area contributed by atoms with Crippen molar-refractivity contribution in [2.75, 3.05) is 20.2 Å². The van der Waals surface area contributed by atoms with Gasteiger partial charge in [0.1, 0.15) is 0 Å². The first-order valence-corrected chi connectivity index (χ1v) is 5.76. The molecule has 1 heterocycles. The Bertz CT molecular complexity index is 228. The molecule has 2 fully saturated rings. The molecule has 2 atom stereocenters. The van der Waals surface area contributed by atoms with Crippen LogP contribution in [0.4, 0.5) is 0 Å². The smallest absolute Gasteiger partial charge is 0.0783 e. The van der Waals surface area contributed by atoms with Crippen molar-refractivity contribution in [1.82, 2.24) is 5.32 Å². The fraction of sp³-hybridized carbons (Fsp3) is 0.833. The topological polar surface area (TPSA) is 21.3 Å². The summed E-state index contributed by atoms with van der Waals surface area (Å²) in [7, 11) is 1.84. The number of hydrogen-bond donors (Lipinski definition) is 1. The fourth-order valence-electron chi connectivity index (χ4n) is 2.81. The van der Waals surface area contributed by atoms with Gasteiger partial charge in [-0.1, -0.05) is 5.57 Å². The highest BCUT2D eigenvalue weighted by molar-refractivity contribution is 5.23. The Kier molecular flexibility index (Phi) is 3.24. The minimum atomic E-state index is 0.426. The zero-order valence-corrected chi connectivity index (χ0v) is 9.31. The molecule has 2 aliphatic rings. The van der Waals surface area contributed by atoms with Gasteiger partial charge in [-0.3, -0.25) is 0 Å². The van der Waals surface area contributed by atoms with Gasteiger partial charge in [0.2, 0.25) is 0 Å². The maximum atomic E-state index is 5.53. The quantitative estimate of drug-likeness (QED) is 0.681. The van der Waals surface area contributed by atoms with Gasteiger partial charge < -0.3 is 10.1 Å². The number of hydrogen-bond acceptors (Lipinski definition) is 2. The van der Waals surface area contributed by atoms with Gasteiger partial charge in [0.05, 0.1) is 6.10 Å². The molecule has 1 saturated carbocycles. The third kappa shape index (κ3) is 1.86. The van der Waals surface area contributed by atoms with Gasteiger partial charge in [0, 0.05) is 13.7 Å². The molecular formula is C12H21NO. The zero-order chi connectivity index (χ0) is 9.97. The first-order valence-electron chi connectivity index (χ1n) is 5.76. The lowest BCUT2D eigenvalue weighted by molar-refractivity contribution is 0.135. The van der Waals surface area contributed by atoms with Gasteiger partial charge >= 0.3 is 0 Å². The highest BCUT2D eigenvalue weighted by Crippen LogP contribution is 2.33. The van der Waals surface area contributed by atoms with Gasteiger partial charge in [-0.15, -0.1) is 0 Å². The van der Waals surface area contributed by atoms with Gasteiger partial charge in [-0.05, 0) is 50.6 Å². The second-order valence-corrected chi connectivity index (χ2v) is 4.51. The fourth-order valence-corrected chi connectivity index (χ4v) is 2.81. The predicted molar refractivity (Wildman–Crippen MR) is 58.3 cm³/mol. The van der Waals surface area contributed by atoms with Gasteiger partial charge in [0.15, 0.2) is 0 Å². The van der Waals surface area contributed by atoms with E-state index in [0.717, 1.165) is 5.92 Å². The van der Waals surface area contributed by atoms with Crippen molar-refractivity contribution < 1.29 is 4.74 Å². The lowest BCUT2D eigenvalue weighted by Crippen LogP contribution is -2.14. The van der Waals surface area contributed by atoms with E-state index in [0.29, 0.717) is 6.10 Å². The molecule has 2 rings (SSSR count). The predicted octanol–water partition coefficient (Wildman–Crippen LogP) is 2.11. The van der Waals surface area contributed by atoms with Crippen molar-refractivity contribution in [1.29, 1.82) is 0 Å². The van der Waals surface area contributed by atoms with Gasteiger partial charge in [0.25, 0.3) is 0 Å². The maximum absolute atomic E-state index is 5.53. The van der Waals surface area contributed by atoms with Crippen molar-refractivity contribution in [3.05, 3.63) is 11.1 Å². The highest BCUT2D eigenvalue weighted by Gasteiger charge is 2.26. The normalized spacial score (nSPS) is 36.4. The van der Waals surface area contributed by atoms with Crippen LogP contribution in [0.25, 0.3) is 0 Å². The average molecular weight is 195 g/mol. The van der Waals surface area contributed by atoms with E-state index in [2.05, 4.69) is 12.2 Å². The van der Waals surface area contributed by atoms with Crippen molar-refractivity contribution in [2.24, 2.45) is 5.92 Å². The summed E-state index contributed by atoms with van der Waals surface area (Å²) in [5, 5.41) is 3.43. The van der Waals surface area contributed by atoms with Crippen LogP contribution in [0, 0.1) is 5.92 Å². The molecule has 2 heteroatoms. The van der Waals surface area contributed by atoms with E-state index in [4.69, 9.17) is 4.74 Å². The number of ether oxygens (including phenoxy) is 1. The second-order valence-electron chi connectivity index (χ2n) is 4.51. The summed E-state index contributed by atoms with van der Waals surface area (Å²) in [6, 6.07) is 0. The largest absolute Gasteiger partial charge is 0.377 e. The standard InChI is InChI=1S/C12H21NO/c1-9(10-6-7-13-8-10)11-4-3-5-12(11)14-2/h10,12-13H,3-8H2,1-2H3/b11-9+. The van der Waals surface area contributed by atoms with E-state index in [1.807, 2.05) is 7.11 Å². The molecule has 1 saturated heterocycles. The van der Waals surface area contributed by atoms with E-state index in [1.165, 1.54) is 38.8 Å². The van der Waals surface area contributed by atoms with Crippen LogP contribution in [0.3, 0.4) is 0 Å². The number of nitrogens with one attached hydrogen (secondary N) is 1. The Morgan fingerprint density at radius 1 is 1.43 bits per heavy atom. The molecule has 14 heavy (non-hydrogen) atoms. The molecule has 0 bridgehead atoms. The molecule has 0 aromatic heterocycles. The highest BCUT2D eigenvalue weighted by atomic mass is 16.5. The number of rotatable bonds is 2. The average Bonchev–Trinajstić information content (AvgIpc) is 2.87. The van der Waals surface area contributed by atoms with E-state index in [1.54, 1.807) is 11.1 Å². The molecule has 2 unspecified atom stereocenters. The monoisotopic (exact) mass is 195 g/mol. The summed E-state index contributed by atoms with van der Waals surface area (Å²) in [5.74, 6) is 0.778. The summed E-state index contributed by atoms with van der Waals surface area (Å²) in [5.41, 5.74) is 3.21. The van der Waals surface area contributed by atoms with Crippen LogP contribution in [-0.2, 0) is 4.74 Å². The Labute approximate surface area is 86.7 Å². The van der Waals surface area contributed by atoms with Gasteiger partial charge in [-0.25, -0.2) is 0 Å². The Hall–Kier alpha value is -0.340. The molecule has 1 N–H and O–H groups in total. The molecule has 1 aliphatic heterocycles. The van der Waals surface area contributed by atoms with Gasteiger partial charge in [-0.2, -0.15) is 0 Å². The van der Waals surface area contributed by atoms with E-state index in [-0.39, 0.29) is 0 Å². The van der Waals surface area contributed by atoms with Crippen LogP contribution in [-0.4, -0.2) is 26.3 Å². The minimum Gasteiger partial charge on any atom is -0.377 e. The molecule has 2 nitrogen and oxygen atoms in total. The van der Waals surface area contributed by atoms with E-state index < -0.39 is 0 Å². The zero-order valence-electron chi connectivity index (χ0n) is 9.31. The molecule has 0 amide bonds. The van der Waals surface area contributed by atoms with Crippen LogP contribution in [0.2, 0.25) is 0 Å². The second kappa shape index (κ2) is 4.45. The van der Waals surface area contributed by atoms with Crippen molar-refractivity contribution >= 4 is 0 Å². The first-order chi connectivity index (χ1) is 6.83. The first kappa shape index (κ1) is 10.2. The SMILES string of the molecule is COC1CCC/C1=C(/C)C1CCNC1. The van der Waals surface area contributed by atoms with Crippen molar-refractivity contribution in [3.8, 4) is 0 Å². The van der Waals surface area contributed by atoms with Crippen LogP contribution in [0.5, 0.6) is 0 Å². The molecule has 0 aromatic rings. The Morgan fingerprint density at radius 2 is 2.29 bits per heavy atom. The summed E-state index contributed by atoms with van der Waals surface area (Å²) < 4.78 is 5.53. The third-order valence-corrected chi connectivity index (χ3v) is 3.76. The van der Waals surface area contributed by atoms with Crippen LogP contribution in [0.15, 0.2) is 11.1 Å². The molecule has 0 spiro atoms. The lowest BCUT2D eigenvalue weighted by atomic mass is 9.93. The molecule has 80 valence electrons. The van der Waals surface area contributed by atoms with E-state index >= 15 is 0 Å². The van der Waals surface area contributed by atoms with Crippen molar-refractivity contribution in [3.63, 3.8) is 0 Å². The van der Waals surface area contributed by atoms with E-state index in [9.17, 15) is 0 Å². The summed E-state index contributed by atoms with van der Waals surface area (Å²) >= 11 is 0. The molecule has 0 radical (unpaired) electrons. The Morgan fingerprint density at radius 3 is 2.93 bits per heavy atom. The number of methoxy groups -OCH3 is 1.